The number of benzene rings is 1. The molecule has 0 saturated carbocycles. The molecule has 0 aromatic heterocycles. The summed E-state index contributed by atoms with van der Waals surface area (Å²) in [7, 11) is -7.62. The first-order valence-electron chi connectivity index (χ1n) is 4.74. The highest BCUT2D eigenvalue weighted by molar-refractivity contribution is 8.08. The Kier molecular flexibility index (Phi) is 4.14. The monoisotopic (exact) mass is 312 g/mol. The molecular formula is C9H13ClN2O4S2. The SMILES string of the molecule is Cc1cc(N)c(Cl)cc1NS(=O)(=O)CS(C)(=O)=O. The second kappa shape index (κ2) is 4.94. The molecule has 0 spiro atoms. The summed E-state index contributed by atoms with van der Waals surface area (Å²) in [5.41, 5.74) is 6.63. The molecule has 1 aromatic carbocycles. The van der Waals surface area contributed by atoms with E-state index in [1.807, 2.05) is 0 Å². The highest BCUT2D eigenvalue weighted by Crippen LogP contribution is 2.27. The highest BCUT2D eigenvalue weighted by Gasteiger charge is 2.19. The van der Waals surface area contributed by atoms with E-state index in [1.165, 1.54) is 12.1 Å². The molecule has 9 heteroatoms. The van der Waals surface area contributed by atoms with Crippen LogP contribution in [0.2, 0.25) is 5.02 Å². The van der Waals surface area contributed by atoms with Crippen molar-refractivity contribution >= 4 is 42.8 Å². The first-order valence-corrected chi connectivity index (χ1v) is 8.83. The van der Waals surface area contributed by atoms with E-state index in [-0.39, 0.29) is 10.7 Å². The Hall–Kier alpha value is -0.990. The fourth-order valence-electron chi connectivity index (χ4n) is 1.29. The van der Waals surface area contributed by atoms with Gasteiger partial charge in [0.1, 0.15) is 0 Å². The van der Waals surface area contributed by atoms with Gasteiger partial charge in [-0.2, -0.15) is 0 Å². The zero-order valence-electron chi connectivity index (χ0n) is 9.77. The third kappa shape index (κ3) is 4.35. The Morgan fingerprint density at radius 2 is 1.83 bits per heavy atom. The number of nitrogen functional groups attached to an aromatic ring is 1. The van der Waals surface area contributed by atoms with Crippen LogP contribution >= 0.6 is 11.6 Å². The molecule has 0 radical (unpaired) electrons. The number of anilines is 2. The fourth-order valence-corrected chi connectivity index (χ4v) is 4.50. The first kappa shape index (κ1) is 15.1. The van der Waals surface area contributed by atoms with Gasteiger partial charge in [0.15, 0.2) is 14.9 Å². The van der Waals surface area contributed by atoms with Gasteiger partial charge in [0.25, 0.3) is 0 Å². The van der Waals surface area contributed by atoms with E-state index in [0.717, 1.165) is 6.26 Å². The van der Waals surface area contributed by atoms with Crippen molar-refractivity contribution in [1.82, 2.24) is 0 Å². The Morgan fingerprint density at radius 1 is 1.28 bits per heavy atom. The predicted molar refractivity (Wildman–Crippen MR) is 72.9 cm³/mol. The van der Waals surface area contributed by atoms with Gasteiger partial charge < -0.3 is 5.73 Å². The van der Waals surface area contributed by atoms with Crippen LogP contribution in [0.15, 0.2) is 12.1 Å². The van der Waals surface area contributed by atoms with E-state index in [9.17, 15) is 16.8 Å². The van der Waals surface area contributed by atoms with Crippen molar-refractivity contribution in [3.63, 3.8) is 0 Å². The number of hydrogen-bond acceptors (Lipinski definition) is 5. The number of halogens is 1. The topological polar surface area (TPSA) is 106 Å². The Bertz CT molecular complexity index is 668. The molecule has 0 aliphatic rings. The number of rotatable bonds is 4. The predicted octanol–water partition coefficient (Wildman–Crippen LogP) is 0.974. The van der Waals surface area contributed by atoms with Crippen molar-refractivity contribution in [2.45, 2.75) is 6.92 Å². The average Bonchev–Trinajstić information content (AvgIpc) is 2.09. The van der Waals surface area contributed by atoms with Gasteiger partial charge in [-0.3, -0.25) is 4.72 Å². The molecule has 0 aliphatic carbocycles. The third-order valence-electron chi connectivity index (χ3n) is 1.98. The van der Waals surface area contributed by atoms with Crippen molar-refractivity contribution in [1.29, 1.82) is 0 Å². The molecule has 0 bridgehead atoms. The Morgan fingerprint density at radius 3 is 2.33 bits per heavy atom. The van der Waals surface area contributed by atoms with Crippen molar-refractivity contribution in [2.24, 2.45) is 0 Å². The molecule has 1 rings (SSSR count). The van der Waals surface area contributed by atoms with Crippen molar-refractivity contribution in [3.05, 3.63) is 22.7 Å². The smallest absolute Gasteiger partial charge is 0.247 e. The van der Waals surface area contributed by atoms with Gasteiger partial charge in [-0.1, -0.05) is 11.6 Å². The number of nitrogens with one attached hydrogen (secondary N) is 1. The largest absolute Gasteiger partial charge is 0.398 e. The summed E-state index contributed by atoms with van der Waals surface area (Å²) in [6.07, 6.45) is 0.842. The number of aryl methyl sites for hydroxylation is 1. The Balaban J connectivity index is 3.09. The van der Waals surface area contributed by atoms with Crippen LogP contribution in [0.4, 0.5) is 11.4 Å². The third-order valence-corrected chi connectivity index (χ3v) is 5.79. The molecular weight excluding hydrogens is 300 g/mol. The molecule has 6 nitrogen and oxygen atoms in total. The normalized spacial score (nSPS) is 12.4. The molecule has 0 unspecified atom stereocenters. The van der Waals surface area contributed by atoms with Crippen molar-refractivity contribution in [2.75, 3.05) is 21.8 Å². The van der Waals surface area contributed by atoms with Gasteiger partial charge in [0, 0.05) is 6.26 Å². The molecule has 1 aromatic rings. The molecule has 0 fully saturated rings. The van der Waals surface area contributed by atoms with Crippen molar-refractivity contribution < 1.29 is 16.8 Å². The summed E-state index contributed by atoms with van der Waals surface area (Å²) in [6, 6.07) is 2.84. The van der Waals surface area contributed by atoms with Gasteiger partial charge in [-0.25, -0.2) is 16.8 Å². The zero-order valence-corrected chi connectivity index (χ0v) is 12.2. The number of hydrogen-bond donors (Lipinski definition) is 2. The average molecular weight is 313 g/mol. The summed E-state index contributed by atoms with van der Waals surface area (Å²) in [4.78, 5) is 0. The van der Waals surface area contributed by atoms with Crippen LogP contribution in [0.5, 0.6) is 0 Å². The minimum atomic E-state index is -3.98. The zero-order chi connectivity index (χ0) is 14.1. The maximum atomic E-state index is 11.6. The summed E-state index contributed by atoms with van der Waals surface area (Å²) >= 11 is 5.77. The van der Waals surface area contributed by atoms with Crippen LogP contribution in [0, 0.1) is 6.92 Å². The van der Waals surface area contributed by atoms with E-state index < -0.39 is 24.9 Å². The molecule has 0 saturated heterocycles. The van der Waals surface area contributed by atoms with Crippen LogP contribution in [0.25, 0.3) is 0 Å². The van der Waals surface area contributed by atoms with Gasteiger partial charge in [0.05, 0.1) is 16.4 Å². The lowest BCUT2D eigenvalue weighted by atomic mass is 10.2. The van der Waals surface area contributed by atoms with Crippen LogP contribution in [-0.4, -0.2) is 28.2 Å². The first-order chi connectivity index (χ1) is 8.00. The molecule has 3 N–H and O–H groups in total. The molecule has 18 heavy (non-hydrogen) atoms. The molecule has 0 amide bonds. The Labute approximate surface area is 111 Å². The number of nitrogens with two attached hydrogens (primary N) is 1. The van der Waals surface area contributed by atoms with Gasteiger partial charge in [-0.05, 0) is 24.6 Å². The van der Waals surface area contributed by atoms with Gasteiger partial charge >= 0.3 is 0 Å². The second-order valence-electron chi connectivity index (χ2n) is 3.95. The maximum absolute atomic E-state index is 11.6. The molecule has 102 valence electrons. The van der Waals surface area contributed by atoms with Crippen LogP contribution in [0.3, 0.4) is 0 Å². The quantitative estimate of drug-likeness (QED) is 0.806. The van der Waals surface area contributed by atoms with E-state index in [4.69, 9.17) is 17.3 Å². The maximum Gasteiger partial charge on any atom is 0.247 e. The molecule has 0 aliphatic heterocycles. The van der Waals surface area contributed by atoms with E-state index >= 15 is 0 Å². The van der Waals surface area contributed by atoms with E-state index in [1.54, 1.807) is 6.92 Å². The summed E-state index contributed by atoms with van der Waals surface area (Å²) in [5, 5.41) is -0.792. The van der Waals surface area contributed by atoms with Crippen molar-refractivity contribution in [3.8, 4) is 0 Å². The second-order valence-corrected chi connectivity index (χ2v) is 8.58. The van der Waals surface area contributed by atoms with E-state index in [0.29, 0.717) is 11.3 Å². The summed E-state index contributed by atoms with van der Waals surface area (Å²) in [5.74, 6) is 0. The molecule has 0 heterocycles. The fraction of sp³-hybridized carbons (Fsp3) is 0.333. The standard InChI is InChI=1S/C9H13ClN2O4S2/c1-6-3-8(11)7(10)4-9(6)12-18(15,16)5-17(2,13)14/h3-4,12H,5,11H2,1-2H3. The summed E-state index contributed by atoms with van der Waals surface area (Å²) < 4.78 is 47.3. The highest BCUT2D eigenvalue weighted by atomic mass is 35.5. The van der Waals surface area contributed by atoms with Gasteiger partial charge in [0.2, 0.25) is 10.0 Å². The minimum Gasteiger partial charge on any atom is -0.398 e. The van der Waals surface area contributed by atoms with Crippen LogP contribution in [0.1, 0.15) is 5.56 Å². The summed E-state index contributed by atoms with van der Waals surface area (Å²) in [6.45, 7) is 1.63. The number of sulfone groups is 1. The van der Waals surface area contributed by atoms with Gasteiger partial charge in [-0.15, -0.1) is 0 Å². The lowest BCUT2D eigenvalue weighted by Crippen LogP contribution is -2.22. The lowest BCUT2D eigenvalue weighted by molar-refractivity contribution is 0.595. The number of sulfonamides is 1. The van der Waals surface area contributed by atoms with E-state index in [2.05, 4.69) is 4.72 Å². The van der Waals surface area contributed by atoms with Crippen LogP contribution in [-0.2, 0) is 19.9 Å². The van der Waals surface area contributed by atoms with Crippen LogP contribution < -0.4 is 10.5 Å². The minimum absolute atomic E-state index is 0.192. The molecule has 0 atom stereocenters. The lowest BCUT2D eigenvalue weighted by Gasteiger charge is -2.11.